The van der Waals surface area contributed by atoms with Crippen LogP contribution in [0.2, 0.25) is 0 Å². The van der Waals surface area contributed by atoms with Crippen molar-refractivity contribution in [2.45, 2.75) is 30.8 Å². The zero-order valence-corrected chi connectivity index (χ0v) is 19.8. The number of ether oxygens (including phenoxy) is 1. The Kier molecular flexibility index (Phi) is 6.09. The quantitative estimate of drug-likeness (QED) is 0.384. The molecule has 0 aliphatic heterocycles. The molecule has 35 heavy (non-hydrogen) atoms. The number of nitrogens with two attached hydrogens (primary N) is 1. The highest BCUT2D eigenvalue weighted by molar-refractivity contribution is 7.92. The summed E-state index contributed by atoms with van der Waals surface area (Å²) in [6.45, 7) is 3.74. The number of sulfonamides is 1. The van der Waals surface area contributed by atoms with Crippen molar-refractivity contribution in [2.24, 2.45) is 0 Å². The van der Waals surface area contributed by atoms with Gasteiger partial charge in [-0.2, -0.15) is 13.2 Å². The normalized spacial score (nSPS) is 12.3. The zero-order chi connectivity index (χ0) is 25.5. The van der Waals surface area contributed by atoms with Gasteiger partial charge in [0.15, 0.2) is 11.5 Å². The molecule has 0 bridgehead atoms. The zero-order valence-electron chi connectivity index (χ0n) is 19.0. The molecule has 0 aliphatic carbocycles. The fourth-order valence-electron chi connectivity index (χ4n) is 3.75. The number of fused-ring (bicyclic) bond motifs is 1. The minimum atomic E-state index is -4.77. The fraction of sp³-hybridized carbons (Fsp3) is 0.217. The Balaban J connectivity index is 1.93. The lowest BCUT2D eigenvalue weighted by atomic mass is 10.0. The summed E-state index contributed by atoms with van der Waals surface area (Å²) in [5.74, 6) is -0.147. The van der Waals surface area contributed by atoms with Crippen LogP contribution in [0.1, 0.15) is 30.9 Å². The minimum absolute atomic E-state index is 0.0329. The molecule has 0 spiro atoms. The van der Waals surface area contributed by atoms with E-state index in [2.05, 4.69) is 14.8 Å². The number of anilines is 2. The van der Waals surface area contributed by atoms with E-state index in [1.54, 1.807) is 6.07 Å². The summed E-state index contributed by atoms with van der Waals surface area (Å²) in [5.41, 5.74) is 5.32. The van der Waals surface area contributed by atoms with Crippen molar-refractivity contribution in [3.8, 4) is 17.0 Å². The van der Waals surface area contributed by atoms with E-state index in [-0.39, 0.29) is 39.3 Å². The van der Waals surface area contributed by atoms with Gasteiger partial charge in [-0.15, -0.1) is 5.10 Å². The molecule has 0 saturated heterocycles. The van der Waals surface area contributed by atoms with Crippen LogP contribution in [-0.2, 0) is 16.2 Å². The number of hydrogen-bond acceptors (Lipinski definition) is 6. The Morgan fingerprint density at radius 3 is 2.40 bits per heavy atom. The summed E-state index contributed by atoms with van der Waals surface area (Å²) in [7, 11) is -2.95. The minimum Gasteiger partial charge on any atom is -0.495 e. The Bertz CT molecular complexity index is 1500. The summed E-state index contributed by atoms with van der Waals surface area (Å²) in [6.07, 6.45) is -3.31. The van der Waals surface area contributed by atoms with Gasteiger partial charge in [0.25, 0.3) is 10.0 Å². The van der Waals surface area contributed by atoms with Crippen LogP contribution < -0.4 is 15.2 Å². The second-order valence-corrected chi connectivity index (χ2v) is 9.73. The third-order valence-electron chi connectivity index (χ3n) is 5.35. The molecule has 3 N–H and O–H groups in total. The highest BCUT2D eigenvalue weighted by atomic mass is 32.2. The van der Waals surface area contributed by atoms with Crippen molar-refractivity contribution < 1.29 is 26.3 Å². The Morgan fingerprint density at radius 1 is 1.11 bits per heavy atom. The highest BCUT2D eigenvalue weighted by Gasteiger charge is 2.36. The van der Waals surface area contributed by atoms with Gasteiger partial charge in [-0.25, -0.2) is 17.9 Å². The Labute approximate surface area is 199 Å². The van der Waals surface area contributed by atoms with Gasteiger partial charge in [0.1, 0.15) is 5.75 Å². The third-order valence-corrected chi connectivity index (χ3v) is 6.73. The average Bonchev–Trinajstić information content (AvgIpc) is 3.13. The molecule has 4 rings (SSSR count). The maximum atomic E-state index is 14.1. The van der Waals surface area contributed by atoms with Gasteiger partial charge in [0, 0.05) is 17.3 Å². The molecule has 8 nitrogen and oxygen atoms in total. The van der Waals surface area contributed by atoms with Crippen molar-refractivity contribution >= 4 is 27.2 Å². The first-order valence-corrected chi connectivity index (χ1v) is 11.9. The van der Waals surface area contributed by atoms with Crippen LogP contribution in [0.5, 0.6) is 5.75 Å². The molecule has 2 aromatic heterocycles. The van der Waals surface area contributed by atoms with Crippen LogP contribution in [0.4, 0.5) is 24.7 Å². The number of hydrogen-bond donors (Lipinski definition) is 2. The Hall–Kier alpha value is -3.80. The second-order valence-electron chi connectivity index (χ2n) is 8.05. The van der Waals surface area contributed by atoms with Crippen molar-refractivity contribution in [3.63, 3.8) is 0 Å². The molecule has 0 saturated carbocycles. The highest BCUT2D eigenvalue weighted by Crippen LogP contribution is 2.43. The smallest absolute Gasteiger partial charge is 0.417 e. The van der Waals surface area contributed by atoms with E-state index < -0.39 is 21.8 Å². The molecule has 0 atom stereocenters. The van der Waals surface area contributed by atoms with Gasteiger partial charge >= 0.3 is 6.18 Å². The van der Waals surface area contributed by atoms with E-state index in [1.807, 2.05) is 13.8 Å². The van der Waals surface area contributed by atoms with Crippen molar-refractivity contribution in [3.05, 3.63) is 65.9 Å². The Morgan fingerprint density at radius 2 is 1.80 bits per heavy atom. The SMILES string of the molecule is COc1cc(C(F)(F)F)c(-c2ccn3nc(N)c(C(C)C)c3n2)cc1NS(=O)(=O)c1ccccc1. The van der Waals surface area contributed by atoms with E-state index in [0.29, 0.717) is 11.2 Å². The van der Waals surface area contributed by atoms with Crippen molar-refractivity contribution in [1.82, 2.24) is 14.6 Å². The topological polar surface area (TPSA) is 112 Å². The van der Waals surface area contributed by atoms with E-state index >= 15 is 0 Å². The molecule has 0 fully saturated rings. The molecule has 0 aliphatic rings. The number of nitrogens with one attached hydrogen (secondary N) is 1. The molecular weight excluding hydrogens is 483 g/mol. The number of halogens is 3. The van der Waals surface area contributed by atoms with Crippen LogP contribution in [0.25, 0.3) is 16.9 Å². The van der Waals surface area contributed by atoms with Gasteiger partial charge in [-0.3, -0.25) is 4.72 Å². The summed E-state index contributed by atoms with van der Waals surface area (Å²) < 4.78 is 76.7. The van der Waals surface area contributed by atoms with Gasteiger partial charge in [0.2, 0.25) is 0 Å². The number of methoxy groups -OCH3 is 1. The molecule has 184 valence electrons. The van der Waals surface area contributed by atoms with Crippen LogP contribution in [-0.4, -0.2) is 30.1 Å². The predicted octanol–water partition coefficient (Wildman–Crippen LogP) is 4.93. The maximum absolute atomic E-state index is 14.1. The summed E-state index contributed by atoms with van der Waals surface area (Å²) in [4.78, 5) is 4.36. The third kappa shape index (κ3) is 4.61. The van der Waals surface area contributed by atoms with E-state index in [4.69, 9.17) is 10.5 Å². The monoisotopic (exact) mass is 505 g/mol. The second kappa shape index (κ2) is 8.77. The lowest BCUT2D eigenvalue weighted by Gasteiger charge is -2.18. The lowest BCUT2D eigenvalue weighted by Crippen LogP contribution is -2.15. The van der Waals surface area contributed by atoms with Crippen molar-refractivity contribution in [1.29, 1.82) is 0 Å². The molecule has 2 aromatic carbocycles. The summed E-state index contributed by atoms with van der Waals surface area (Å²) >= 11 is 0. The van der Waals surface area contributed by atoms with E-state index in [1.165, 1.54) is 41.0 Å². The van der Waals surface area contributed by atoms with Crippen LogP contribution in [0.3, 0.4) is 0 Å². The van der Waals surface area contributed by atoms with Gasteiger partial charge in [0.05, 0.1) is 29.0 Å². The van der Waals surface area contributed by atoms with Gasteiger partial charge < -0.3 is 10.5 Å². The van der Waals surface area contributed by atoms with Crippen molar-refractivity contribution in [2.75, 3.05) is 17.6 Å². The summed E-state index contributed by atoms with van der Waals surface area (Å²) in [5, 5.41) is 4.17. The number of nitrogens with zero attached hydrogens (tertiary/aromatic N) is 3. The van der Waals surface area contributed by atoms with Crippen LogP contribution in [0, 0.1) is 0 Å². The van der Waals surface area contributed by atoms with E-state index in [0.717, 1.165) is 19.2 Å². The number of aromatic nitrogens is 3. The van der Waals surface area contributed by atoms with Crippen LogP contribution in [0.15, 0.2) is 59.6 Å². The lowest BCUT2D eigenvalue weighted by molar-refractivity contribution is -0.137. The molecule has 0 unspecified atom stereocenters. The standard InChI is InChI=1S/C23H22F3N5O3S/c1-13(2)20-21(27)29-31-10-9-17(28-22(20)31)15-11-18(19(34-3)12-16(15)23(24,25)26)30-35(32,33)14-7-5-4-6-8-14/h4-13,30H,1-3H3,(H2,27,29). The molecule has 4 aromatic rings. The van der Waals surface area contributed by atoms with Gasteiger partial charge in [-0.1, -0.05) is 32.0 Å². The molecule has 12 heteroatoms. The van der Waals surface area contributed by atoms with Gasteiger partial charge in [-0.05, 0) is 36.2 Å². The van der Waals surface area contributed by atoms with Crippen LogP contribution >= 0.6 is 0 Å². The molecule has 0 amide bonds. The summed E-state index contributed by atoms with van der Waals surface area (Å²) in [6, 6.07) is 10.6. The number of rotatable bonds is 6. The molecule has 2 heterocycles. The number of alkyl halides is 3. The average molecular weight is 506 g/mol. The van der Waals surface area contributed by atoms with E-state index in [9.17, 15) is 21.6 Å². The molecular formula is C23H22F3N5O3S. The number of benzene rings is 2. The molecule has 0 radical (unpaired) electrons. The largest absolute Gasteiger partial charge is 0.495 e. The predicted molar refractivity (Wildman–Crippen MR) is 126 cm³/mol. The fourth-order valence-corrected chi connectivity index (χ4v) is 4.83. The number of nitrogen functional groups attached to an aromatic ring is 1. The first-order valence-electron chi connectivity index (χ1n) is 10.4. The maximum Gasteiger partial charge on any atom is 0.417 e. The first kappa shape index (κ1) is 24.3. The first-order chi connectivity index (χ1) is 16.4.